The average molecular weight is 349 g/mol. The van der Waals surface area contributed by atoms with E-state index in [-0.39, 0.29) is 5.91 Å². The van der Waals surface area contributed by atoms with Crippen molar-refractivity contribution >= 4 is 16.9 Å². The predicted molar refractivity (Wildman–Crippen MR) is 106 cm³/mol. The third-order valence-electron chi connectivity index (χ3n) is 4.69. The molecule has 1 aromatic heterocycles. The van der Waals surface area contributed by atoms with E-state index >= 15 is 0 Å². The fraction of sp³-hybridized carbons (Fsp3) is 0.364. The Hall–Kier alpha value is -2.62. The number of carbonyl (C=O) groups is 1. The Balaban J connectivity index is 1.73. The van der Waals surface area contributed by atoms with Crippen LogP contribution in [-0.4, -0.2) is 15.5 Å². The molecule has 4 heteroatoms. The van der Waals surface area contributed by atoms with Crippen molar-refractivity contribution in [3.05, 3.63) is 65.5 Å². The Morgan fingerprint density at radius 1 is 1.04 bits per heavy atom. The monoisotopic (exact) mass is 349 g/mol. The maximum absolute atomic E-state index is 12.4. The number of fused-ring (bicyclic) bond motifs is 1. The highest BCUT2D eigenvalue weighted by molar-refractivity contribution is 5.94. The molecule has 0 bridgehead atoms. The lowest BCUT2D eigenvalue weighted by Crippen LogP contribution is -2.24. The van der Waals surface area contributed by atoms with Crippen LogP contribution < -0.4 is 5.32 Å². The van der Waals surface area contributed by atoms with Crippen LogP contribution in [0.3, 0.4) is 0 Å². The van der Waals surface area contributed by atoms with Crippen LogP contribution in [0.4, 0.5) is 0 Å². The SMILES string of the molecule is CCCCCCn1c(CNC(=O)c2ccc(C)cc2)nc2ccccc21. The molecule has 0 aliphatic rings. The van der Waals surface area contributed by atoms with Gasteiger partial charge < -0.3 is 9.88 Å². The van der Waals surface area contributed by atoms with Crippen LogP contribution in [0.2, 0.25) is 0 Å². The highest BCUT2D eigenvalue weighted by Crippen LogP contribution is 2.17. The first-order valence-corrected chi connectivity index (χ1v) is 9.48. The van der Waals surface area contributed by atoms with Gasteiger partial charge in [-0.05, 0) is 37.6 Å². The molecule has 0 atom stereocenters. The van der Waals surface area contributed by atoms with Crippen molar-refractivity contribution in [3.8, 4) is 0 Å². The third kappa shape index (κ3) is 4.31. The van der Waals surface area contributed by atoms with Gasteiger partial charge in [0.1, 0.15) is 5.82 Å². The number of aromatic nitrogens is 2. The fourth-order valence-electron chi connectivity index (χ4n) is 3.17. The zero-order valence-electron chi connectivity index (χ0n) is 15.7. The van der Waals surface area contributed by atoms with Crippen LogP contribution >= 0.6 is 0 Å². The van der Waals surface area contributed by atoms with E-state index in [1.807, 2.05) is 49.4 Å². The summed E-state index contributed by atoms with van der Waals surface area (Å²) in [6, 6.07) is 15.8. The van der Waals surface area contributed by atoms with Gasteiger partial charge in [-0.25, -0.2) is 4.98 Å². The minimum atomic E-state index is -0.0606. The van der Waals surface area contributed by atoms with Crippen LogP contribution in [0, 0.1) is 6.92 Å². The van der Waals surface area contributed by atoms with E-state index in [9.17, 15) is 4.79 Å². The largest absolute Gasteiger partial charge is 0.345 e. The Bertz CT molecular complexity index is 865. The van der Waals surface area contributed by atoms with Gasteiger partial charge in [0, 0.05) is 12.1 Å². The van der Waals surface area contributed by atoms with E-state index in [2.05, 4.69) is 22.9 Å². The molecule has 0 fully saturated rings. The summed E-state index contributed by atoms with van der Waals surface area (Å²) in [7, 11) is 0. The molecule has 0 saturated heterocycles. The molecule has 0 saturated carbocycles. The average Bonchev–Trinajstić information content (AvgIpc) is 3.01. The molecule has 3 rings (SSSR count). The topological polar surface area (TPSA) is 46.9 Å². The van der Waals surface area contributed by atoms with Crippen LogP contribution in [0.1, 0.15) is 54.4 Å². The van der Waals surface area contributed by atoms with Gasteiger partial charge in [-0.1, -0.05) is 56.0 Å². The first kappa shape index (κ1) is 18.2. The van der Waals surface area contributed by atoms with E-state index in [0.717, 1.165) is 35.4 Å². The molecule has 3 aromatic rings. The van der Waals surface area contributed by atoms with Crippen LogP contribution in [0.5, 0.6) is 0 Å². The van der Waals surface area contributed by atoms with Gasteiger partial charge in [-0.3, -0.25) is 4.79 Å². The molecule has 0 radical (unpaired) electrons. The Morgan fingerprint density at radius 3 is 2.58 bits per heavy atom. The van der Waals surface area contributed by atoms with Crippen molar-refractivity contribution in [2.75, 3.05) is 0 Å². The van der Waals surface area contributed by atoms with Crippen LogP contribution in [0.25, 0.3) is 11.0 Å². The van der Waals surface area contributed by atoms with Gasteiger partial charge in [0.2, 0.25) is 0 Å². The van der Waals surface area contributed by atoms with E-state index in [4.69, 9.17) is 4.98 Å². The lowest BCUT2D eigenvalue weighted by Gasteiger charge is -2.10. The van der Waals surface area contributed by atoms with E-state index in [0.29, 0.717) is 12.1 Å². The molecule has 4 nitrogen and oxygen atoms in total. The van der Waals surface area contributed by atoms with E-state index < -0.39 is 0 Å². The summed E-state index contributed by atoms with van der Waals surface area (Å²) in [4.78, 5) is 17.1. The number of rotatable bonds is 8. The summed E-state index contributed by atoms with van der Waals surface area (Å²) >= 11 is 0. The first-order valence-electron chi connectivity index (χ1n) is 9.48. The molecule has 1 heterocycles. The van der Waals surface area contributed by atoms with Gasteiger partial charge in [-0.2, -0.15) is 0 Å². The minimum Gasteiger partial charge on any atom is -0.345 e. The summed E-state index contributed by atoms with van der Waals surface area (Å²) in [5.41, 5.74) is 3.96. The standard InChI is InChI=1S/C22H27N3O/c1-3-4-5-8-15-25-20-10-7-6-9-19(20)24-21(25)16-23-22(26)18-13-11-17(2)12-14-18/h6-7,9-14H,3-5,8,15-16H2,1-2H3,(H,23,26). The number of nitrogens with one attached hydrogen (secondary N) is 1. The van der Waals surface area contributed by atoms with Crippen molar-refractivity contribution < 1.29 is 4.79 Å². The number of unbranched alkanes of at least 4 members (excludes halogenated alkanes) is 3. The van der Waals surface area contributed by atoms with Gasteiger partial charge in [0.25, 0.3) is 5.91 Å². The molecule has 0 spiro atoms. The molecule has 1 amide bonds. The molecular formula is C22H27N3O. The number of aryl methyl sites for hydroxylation is 2. The van der Waals surface area contributed by atoms with Gasteiger partial charge in [0.05, 0.1) is 17.6 Å². The number of amides is 1. The quantitative estimate of drug-likeness (QED) is 0.591. The summed E-state index contributed by atoms with van der Waals surface area (Å²) in [6.07, 6.45) is 4.83. The third-order valence-corrected chi connectivity index (χ3v) is 4.69. The second-order valence-corrected chi connectivity index (χ2v) is 6.78. The lowest BCUT2D eigenvalue weighted by atomic mass is 10.1. The summed E-state index contributed by atoms with van der Waals surface area (Å²) in [6.45, 7) is 5.62. The number of hydrogen-bond acceptors (Lipinski definition) is 2. The molecular weight excluding hydrogens is 322 g/mol. The van der Waals surface area contributed by atoms with Crippen molar-refractivity contribution in [2.45, 2.75) is 52.6 Å². The lowest BCUT2D eigenvalue weighted by molar-refractivity contribution is 0.0949. The molecule has 0 aliphatic carbocycles. The maximum atomic E-state index is 12.4. The number of carbonyl (C=O) groups excluding carboxylic acids is 1. The second kappa shape index (κ2) is 8.65. The van der Waals surface area contributed by atoms with Gasteiger partial charge >= 0.3 is 0 Å². The Kier molecular flexibility index (Phi) is 6.05. The summed E-state index contributed by atoms with van der Waals surface area (Å²) in [5, 5.41) is 3.02. The minimum absolute atomic E-state index is 0.0606. The number of hydrogen-bond donors (Lipinski definition) is 1. The van der Waals surface area contributed by atoms with Gasteiger partial charge in [-0.15, -0.1) is 0 Å². The zero-order chi connectivity index (χ0) is 18.4. The van der Waals surface area contributed by atoms with E-state index in [1.54, 1.807) is 0 Å². The molecule has 26 heavy (non-hydrogen) atoms. The normalized spacial score (nSPS) is 11.0. The van der Waals surface area contributed by atoms with Crippen LogP contribution in [-0.2, 0) is 13.1 Å². The highest BCUT2D eigenvalue weighted by Gasteiger charge is 2.12. The summed E-state index contributed by atoms with van der Waals surface area (Å²) < 4.78 is 2.25. The Morgan fingerprint density at radius 2 is 1.81 bits per heavy atom. The molecule has 2 aromatic carbocycles. The van der Waals surface area contributed by atoms with Crippen molar-refractivity contribution in [3.63, 3.8) is 0 Å². The molecule has 136 valence electrons. The highest BCUT2D eigenvalue weighted by atomic mass is 16.1. The maximum Gasteiger partial charge on any atom is 0.251 e. The fourth-order valence-corrected chi connectivity index (χ4v) is 3.17. The smallest absolute Gasteiger partial charge is 0.251 e. The van der Waals surface area contributed by atoms with Crippen LogP contribution in [0.15, 0.2) is 48.5 Å². The van der Waals surface area contributed by atoms with Crippen molar-refractivity contribution in [2.24, 2.45) is 0 Å². The zero-order valence-corrected chi connectivity index (χ0v) is 15.7. The second-order valence-electron chi connectivity index (χ2n) is 6.78. The van der Waals surface area contributed by atoms with Gasteiger partial charge in [0.15, 0.2) is 0 Å². The first-order chi connectivity index (χ1) is 12.7. The summed E-state index contributed by atoms with van der Waals surface area (Å²) in [5.74, 6) is 0.859. The van der Waals surface area contributed by atoms with Crippen molar-refractivity contribution in [1.29, 1.82) is 0 Å². The predicted octanol–water partition coefficient (Wildman–Crippen LogP) is 4.86. The number of nitrogens with zero attached hydrogens (tertiary/aromatic N) is 2. The molecule has 1 N–H and O–H groups in total. The van der Waals surface area contributed by atoms with E-state index in [1.165, 1.54) is 19.3 Å². The Labute approximate surface area is 155 Å². The van der Waals surface area contributed by atoms with Crippen molar-refractivity contribution in [1.82, 2.24) is 14.9 Å². The number of benzene rings is 2. The number of imidazole rings is 1. The number of para-hydroxylation sites is 2. The molecule has 0 unspecified atom stereocenters. The molecule has 0 aliphatic heterocycles.